The second-order valence-corrected chi connectivity index (χ2v) is 8.73. The Balaban J connectivity index is 1.46. The number of fused-ring (bicyclic) bond motifs is 4. The summed E-state index contributed by atoms with van der Waals surface area (Å²) >= 11 is 0. The molecule has 0 heterocycles. The molecular formula is C15H19B. The van der Waals surface area contributed by atoms with Crippen LogP contribution in [-0.2, 0) is 0 Å². The van der Waals surface area contributed by atoms with E-state index in [0.29, 0.717) is 0 Å². The van der Waals surface area contributed by atoms with E-state index in [2.05, 4.69) is 7.85 Å². The van der Waals surface area contributed by atoms with Crippen LogP contribution >= 0.6 is 0 Å². The Bertz CT molecular complexity index is 423. The van der Waals surface area contributed by atoms with E-state index in [4.69, 9.17) is 0 Å². The first-order chi connectivity index (χ1) is 7.83. The molecule has 0 aromatic rings. The maximum absolute atomic E-state index is 2.55. The Morgan fingerprint density at radius 3 is 1.94 bits per heavy atom. The lowest BCUT2D eigenvalue weighted by Gasteiger charge is -3.09. The van der Waals surface area contributed by atoms with E-state index in [1.165, 1.54) is 47.3 Å². The first-order valence-corrected chi connectivity index (χ1v) is 7.83. The summed E-state index contributed by atoms with van der Waals surface area (Å²) in [6.45, 7) is 0. The minimum Gasteiger partial charge on any atom is -0.0692 e. The monoisotopic (exact) mass is 210 g/mol. The smallest absolute Gasteiger partial charge is 0.0692 e. The van der Waals surface area contributed by atoms with E-state index in [9.17, 15) is 0 Å². The molecule has 2 spiro atoms. The van der Waals surface area contributed by atoms with Gasteiger partial charge in [-0.25, -0.2) is 0 Å². The highest BCUT2D eigenvalue weighted by Crippen LogP contribution is 3.09. The molecule has 0 nitrogen and oxygen atoms in total. The molecule has 82 valence electrons. The highest BCUT2D eigenvalue weighted by atomic mass is 15.1. The molecule has 0 N–H and O–H groups in total. The summed E-state index contributed by atoms with van der Waals surface area (Å²) in [5.41, 5.74) is 2.11. The van der Waals surface area contributed by atoms with Crippen molar-refractivity contribution < 1.29 is 0 Å². The summed E-state index contributed by atoms with van der Waals surface area (Å²) in [4.78, 5) is 0. The molecule has 7 aliphatic carbocycles. The maximum Gasteiger partial charge on any atom is 0.105 e. The van der Waals surface area contributed by atoms with Crippen LogP contribution in [0.2, 0.25) is 5.82 Å². The van der Waals surface area contributed by atoms with Gasteiger partial charge >= 0.3 is 0 Å². The molecule has 10 unspecified atom stereocenters. The first kappa shape index (κ1) is 7.49. The lowest BCUT2D eigenvalue weighted by molar-refractivity contribution is -0.626. The fourth-order valence-corrected chi connectivity index (χ4v) is 10.1. The van der Waals surface area contributed by atoms with Crippen molar-refractivity contribution in [2.45, 2.75) is 31.5 Å². The standard InChI is InChI=1S/C15H19B/c16-6-3-7-11-8(4-6)13-10-2-5-1-9-12(7)15(11,13)14(5,9)10/h5-13H,1-4,16H2/t5?,6?,7-,8?,9?,10?,11?,12?,13?,14?,15?/m0/s1. The molecule has 0 aliphatic heterocycles. The van der Waals surface area contributed by atoms with Crippen molar-refractivity contribution in [3.8, 4) is 0 Å². The molecule has 0 saturated heterocycles. The lowest BCUT2D eigenvalue weighted by atomic mass is 8.94. The highest BCUT2D eigenvalue weighted by Gasteiger charge is 3.05. The number of hydrogen-bond donors (Lipinski definition) is 0. The van der Waals surface area contributed by atoms with Crippen LogP contribution in [0.25, 0.3) is 0 Å². The number of rotatable bonds is 0. The Morgan fingerprint density at radius 1 is 0.750 bits per heavy atom. The van der Waals surface area contributed by atoms with E-state index in [1.54, 1.807) is 25.7 Å². The Hall–Kier alpha value is 0.0649. The third-order valence-electron chi connectivity index (χ3n) is 9.45. The third-order valence-corrected chi connectivity index (χ3v) is 9.45. The van der Waals surface area contributed by atoms with Crippen molar-refractivity contribution in [3.63, 3.8) is 0 Å². The Labute approximate surface area is 98.0 Å². The molecule has 0 aromatic carbocycles. The topological polar surface area (TPSA) is 0 Å². The molecule has 11 atom stereocenters. The quantitative estimate of drug-likeness (QED) is 0.536. The Morgan fingerprint density at radius 2 is 1.38 bits per heavy atom. The molecule has 0 amide bonds. The Kier molecular flexibility index (Phi) is 0.752. The van der Waals surface area contributed by atoms with Crippen molar-refractivity contribution in [1.82, 2.24) is 0 Å². The van der Waals surface area contributed by atoms with Crippen LogP contribution in [0.3, 0.4) is 0 Å². The molecule has 7 rings (SSSR count). The summed E-state index contributed by atoms with van der Waals surface area (Å²) in [5.74, 6) is 11.2. The molecule has 7 fully saturated rings. The molecule has 0 radical (unpaired) electrons. The van der Waals surface area contributed by atoms with Crippen LogP contribution in [0.5, 0.6) is 0 Å². The second kappa shape index (κ2) is 1.61. The molecule has 7 aliphatic rings. The van der Waals surface area contributed by atoms with Crippen LogP contribution in [-0.4, -0.2) is 7.85 Å². The predicted molar refractivity (Wildman–Crippen MR) is 63.5 cm³/mol. The molecule has 16 heavy (non-hydrogen) atoms. The molecule has 1 heteroatoms. The van der Waals surface area contributed by atoms with E-state index in [1.807, 2.05) is 0 Å². The van der Waals surface area contributed by atoms with Crippen LogP contribution in [0.1, 0.15) is 25.7 Å². The van der Waals surface area contributed by atoms with Crippen LogP contribution in [0, 0.1) is 58.2 Å². The molecule has 7 saturated carbocycles. The van der Waals surface area contributed by atoms with Gasteiger partial charge in [-0.15, -0.1) is 0 Å². The van der Waals surface area contributed by atoms with Gasteiger partial charge in [-0.05, 0) is 71.0 Å². The van der Waals surface area contributed by atoms with Gasteiger partial charge in [0.1, 0.15) is 7.85 Å². The van der Waals surface area contributed by atoms with Gasteiger partial charge in [0, 0.05) is 0 Å². The van der Waals surface area contributed by atoms with Crippen molar-refractivity contribution in [2.75, 3.05) is 0 Å². The van der Waals surface area contributed by atoms with Gasteiger partial charge in [0.25, 0.3) is 0 Å². The minimum absolute atomic E-state index is 1.05. The zero-order valence-electron chi connectivity index (χ0n) is 10.0. The zero-order valence-corrected chi connectivity index (χ0v) is 10.0. The van der Waals surface area contributed by atoms with Crippen molar-refractivity contribution in [3.05, 3.63) is 0 Å². The molecular weight excluding hydrogens is 191 g/mol. The van der Waals surface area contributed by atoms with E-state index >= 15 is 0 Å². The van der Waals surface area contributed by atoms with Crippen LogP contribution < -0.4 is 0 Å². The van der Waals surface area contributed by atoms with Gasteiger partial charge in [-0.2, -0.15) is 0 Å². The average molecular weight is 210 g/mol. The fourth-order valence-electron chi connectivity index (χ4n) is 10.1. The summed E-state index contributed by atoms with van der Waals surface area (Å²) < 4.78 is 0. The average Bonchev–Trinajstić information content (AvgIpc) is 2.15. The summed E-state index contributed by atoms with van der Waals surface area (Å²) in [7, 11) is 2.55. The predicted octanol–water partition coefficient (Wildman–Crippen LogP) is 1.97. The molecule has 0 bridgehead atoms. The molecule has 0 aromatic heterocycles. The van der Waals surface area contributed by atoms with Crippen molar-refractivity contribution >= 4 is 7.85 Å². The van der Waals surface area contributed by atoms with E-state index in [-0.39, 0.29) is 0 Å². The summed E-state index contributed by atoms with van der Waals surface area (Å²) in [6.07, 6.45) is 6.61. The maximum atomic E-state index is 2.55. The van der Waals surface area contributed by atoms with Crippen molar-refractivity contribution in [1.29, 1.82) is 0 Å². The summed E-state index contributed by atoms with van der Waals surface area (Å²) in [6, 6.07) is 0. The first-order valence-electron chi connectivity index (χ1n) is 7.83. The second-order valence-electron chi connectivity index (χ2n) is 8.73. The van der Waals surface area contributed by atoms with Gasteiger partial charge in [0.15, 0.2) is 0 Å². The van der Waals surface area contributed by atoms with E-state index in [0.717, 1.165) is 16.6 Å². The van der Waals surface area contributed by atoms with Crippen LogP contribution in [0.15, 0.2) is 0 Å². The van der Waals surface area contributed by atoms with Gasteiger partial charge in [0.2, 0.25) is 0 Å². The lowest BCUT2D eigenvalue weighted by Crippen LogP contribution is -3.05. The summed E-state index contributed by atoms with van der Waals surface area (Å²) in [5, 5.41) is 0. The van der Waals surface area contributed by atoms with Gasteiger partial charge in [0.05, 0.1) is 0 Å². The van der Waals surface area contributed by atoms with Crippen LogP contribution in [0.4, 0.5) is 0 Å². The SMILES string of the molecule is BC1CC2C3C4CC5CC6C7[C@@H](C1)C2C37C546. The van der Waals surface area contributed by atoms with Gasteiger partial charge < -0.3 is 0 Å². The van der Waals surface area contributed by atoms with E-state index < -0.39 is 0 Å². The number of hydrogen-bond acceptors (Lipinski definition) is 0. The normalized spacial score (nSPS) is 90.9. The fraction of sp³-hybridized carbons (Fsp3) is 1.00. The van der Waals surface area contributed by atoms with Gasteiger partial charge in [-0.1, -0.05) is 18.7 Å². The highest BCUT2D eigenvalue weighted by molar-refractivity contribution is 6.11. The largest absolute Gasteiger partial charge is 0.105 e. The zero-order chi connectivity index (χ0) is 10.0. The third kappa shape index (κ3) is 0.332. The minimum atomic E-state index is 1.05. The van der Waals surface area contributed by atoms with Gasteiger partial charge in [-0.3, -0.25) is 0 Å². The van der Waals surface area contributed by atoms with Crippen molar-refractivity contribution in [2.24, 2.45) is 58.2 Å².